The van der Waals surface area contributed by atoms with E-state index in [1.807, 2.05) is 36.5 Å². The fourth-order valence-corrected chi connectivity index (χ4v) is 3.81. The van der Waals surface area contributed by atoms with Crippen molar-refractivity contribution >= 4 is 17.4 Å². The molecule has 1 amide bonds. The van der Waals surface area contributed by atoms with Crippen LogP contribution in [0.1, 0.15) is 28.9 Å². The summed E-state index contributed by atoms with van der Waals surface area (Å²) in [4.78, 5) is 21.2. The van der Waals surface area contributed by atoms with Crippen LogP contribution < -0.4 is 4.90 Å². The first-order chi connectivity index (χ1) is 13.0. The maximum atomic E-state index is 12.5. The number of aromatic nitrogens is 5. The number of hydrogen-bond acceptors (Lipinski definition) is 5. The molecular weight excluding hydrogens is 342 g/mol. The Bertz CT molecular complexity index is 952. The van der Waals surface area contributed by atoms with Gasteiger partial charge in [0.05, 0.1) is 18.0 Å². The van der Waals surface area contributed by atoms with Gasteiger partial charge in [0.15, 0.2) is 5.65 Å². The molecule has 1 aliphatic heterocycles. The zero-order chi connectivity index (χ0) is 19.0. The second kappa shape index (κ2) is 7.02. The molecule has 4 heterocycles. The van der Waals surface area contributed by atoms with Crippen molar-refractivity contribution in [1.82, 2.24) is 29.3 Å². The van der Waals surface area contributed by atoms with Crippen LogP contribution in [0.25, 0.3) is 5.65 Å². The minimum Gasteiger partial charge on any atom is -0.356 e. The summed E-state index contributed by atoms with van der Waals surface area (Å²) >= 11 is 0. The van der Waals surface area contributed by atoms with Crippen LogP contribution in [0.3, 0.4) is 0 Å². The van der Waals surface area contributed by atoms with Gasteiger partial charge < -0.3 is 9.80 Å². The number of nitrogens with zero attached hydrogens (tertiary/aromatic N) is 7. The van der Waals surface area contributed by atoms with Crippen LogP contribution in [0, 0.1) is 12.8 Å². The van der Waals surface area contributed by atoms with Crippen LogP contribution in [0.4, 0.5) is 5.82 Å². The summed E-state index contributed by atoms with van der Waals surface area (Å²) in [5, 5.41) is 8.50. The van der Waals surface area contributed by atoms with E-state index in [4.69, 9.17) is 0 Å². The molecule has 1 aliphatic rings. The van der Waals surface area contributed by atoms with Crippen LogP contribution in [-0.4, -0.2) is 61.9 Å². The lowest BCUT2D eigenvalue weighted by molar-refractivity contribution is 0.0765. The van der Waals surface area contributed by atoms with Crippen LogP contribution in [0.15, 0.2) is 30.7 Å². The molecule has 142 valence electrons. The molecule has 1 saturated heterocycles. The van der Waals surface area contributed by atoms with Crippen LogP contribution in [0.2, 0.25) is 0 Å². The number of carbonyl (C=O) groups is 1. The van der Waals surface area contributed by atoms with Crippen molar-refractivity contribution in [2.45, 2.75) is 19.8 Å². The summed E-state index contributed by atoms with van der Waals surface area (Å²) in [6, 6.07) is 4.03. The maximum absolute atomic E-state index is 12.5. The van der Waals surface area contributed by atoms with E-state index in [1.165, 1.54) is 0 Å². The number of hydrogen-bond donors (Lipinski definition) is 0. The Morgan fingerprint density at radius 2 is 2.07 bits per heavy atom. The highest BCUT2D eigenvalue weighted by atomic mass is 16.2. The summed E-state index contributed by atoms with van der Waals surface area (Å²) in [5.41, 5.74) is 2.53. The van der Waals surface area contributed by atoms with Crippen molar-refractivity contribution in [3.8, 4) is 0 Å². The molecule has 8 heteroatoms. The van der Waals surface area contributed by atoms with E-state index in [0.29, 0.717) is 11.5 Å². The van der Waals surface area contributed by atoms with E-state index in [2.05, 4.69) is 26.1 Å². The van der Waals surface area contributed by atoms with Gasteiger partial charge in [-0.25, -0.2) is 4.98 Å². The zero-order valence-electron chi connectivity index (χ0n) is 16.0. The van der Waals surface area contributed by atoms with E-state index in [0.717, 1.165) is 49.6 Å². The zero-order valence-corrected chi connectivity index (χ0v) is 16.0. The summed E-state index contributed by atoms with van der Waals surface area (Å²) in [7, 11) is 3.70. The molecule has 0 aromatic carbocycles. The number of amides is 1. The molecule has 1 fully saturated rings. The van der Waals surface area contributed by atoms with Crippen molar-refractivity contribution in [2.24, 2.45) is 13.0 Å². The van der Waals surface area contributed by atoms with Crippen molar-refractivity contribution in [3.63, 3.8) is 0 Å². The summed E-state index contributed by atoms with van der Waals surface area (Å²) in [6.45, 7) is 4.70. The number of carbonyl (C=O) groups excluding carboxylic acids is 1. The first kappa shape index (κ1) is 17.5. The van der Waals surface area contributed by atoms with Crippen molar-refractivity contribution < 1.29 is 4.79 Å². The van der Waals surface area contributed by atoms with Crippen molar-refractivity contribution in [1.29, 1.82) is 0 Å². The molecule has 3 aromatic rings. The number of aryl methyl sites for hydroxylation is 2. The Kier molecular flexibility index (Phi) is 4.55. The lowest BCUT2D eigenvalue weighted by Gasteiger charge is -2.35. The van der Waals surface area contributed by atoms with E-state index in [1.54, 1.807) is 23.3 Å². The molecule has 3 aromatic heterocycles. The van der Waals surface area contributed by atoms with Crippen LogP contribution >= 0.6 is 0 Å². The largest absolute Gasteiger partial charge is 0.356 e. The SMILES string of the molecule is Cc1cc(N2CCC(CN(C)C(=O)c3cnn(C)c3)CC2)n2nccc2n1. The average Bonchev–Trinajstić information content (AvgIpc) is 3.29. The summed E-state index contributed by atoms with van der Waals surface area (Å²) < 4.78 is 3.57. The van der Waals surface area contributed by atoms with E-state index in [-0.39, 0.29) is 5.91 Å². The number of rotatable bonds is 4. The van der Waals surface area contributed by atoms with Gasteiger partial charge in [-0.1, -0.05) is 0 Å². The molecular formula is C19H25N7O. The van der Waals surface area contributed by atoms with Gasteiger partial charge in [0.25, 0.3) is 5.91 Å². The summed E-state index contributed by atoms with van der Waals surface area (Å²) in [6.07, 6.45) is 7.28. The average molecular weight is 367 g/mol. The Morgan fingerprint density at radius 1 is 1.30 bits per heavy atom. The molecule has 0 unspecified atom stereocenters. The van der Waals surface area contributed by atoms with Crippen molar-refractivity contribution in [2.75, 3.05) is 31.6 Å². The molecule has 0 N–H and O–H groups in total. The van der Waals surface area contributed by atoms with Gasteiger partial charge in [0.1, 0.15) is 5.82 Å². The van der Waals surface area contributed by atoms with E-state index >= 15 is 0 Å². The smallest absolute Gasteiger partial charge is 0.256 e. The van der Waals surface area contributed by atoms with Gasteiger partial charge in [-0.3, -0.25) is 9.48 Å². The topological polar surface area (TPSA) is 71.6 Å². The quantitative estimate of drug-likeness (QED) is 0.703. The third-order valence-corrected chi connectivity index (χ3v) is 5.24. The van der Waals surface area contributed by atoms with Crippen LogP contribution in [0.5, 0.6) is 0 Å². The van der Waals surface area contributed by atoms with Gasteiger partial charge in [0.2, 0.25) is 0 Å². The number of piperidine rings is 1. The highest BCUT2D eigenvalue weighted by Gasteiger charge is 2.24. The fourth-order valence-electron chi connectivity index (χ4n) is 3.81. The highest BCUT2D eigenvalue weighted by Crippen LogP contribution is 2.25. The maximum Gasteiger partial charge on any atom is 0.256 e. The van der Waals surface area contributed by atoms with Gasteiger partial charge in [-0.2, -0.15) is 14.7 Å². The van der Waals surface area contributed by atoms with E-state index < -0.39 is 0 Å². The lowest BCUT2D eigenvalue weighted by atomic mass is 9.96. The summed E-state index contributed by atoms with van der Waals surface area (Å²) in [5.74, 6) is 1.64. The van der Waals surface area contributed by atoms with Gasteiger partial charge in [-0.05, 0) is 25.7 Å². The molecule has 0 spiro atoms. The first-order valence-corrected chi connectivity index (χ1v) is 9.31. The first-order valence-electron chi connectivity index (χ1n) is 9.31. The number of fused-ring (bicyclic) bond motifs is 1. The Balaban J connectivity index is 1.38. The highest BCUT2D eigenvalue weighted by molar-refractivity contribution is 5.93. The van der Waals surface area contributed by atoms with E-state index in [9.17, 15) is 4.79 Å². The van der Waals surface area contributed by atoms with Crippen LogP contribution in [-0.2, 0) is 7.05 Å². The molecule has 0 aliphatic carbocycles. The lowest BCUT2D eigenvalue weighted by Crippen LogP contribution is -2.40. The molecule has 0 atom stereocenters. The second-order valence-electron chi connectivity index (χ2n) is 7.38. The molecule has 0 bridgehead atoms. The third-order valence-electron chi connectivity index (χ3n) is 5.24. The molecule has 4 rings (SSSR count). The minimum atomic E-state index is 0.0357. The van der Waals surface area contributed by atoms with Gasteiger partial charge >= 0.3 is 0 Å². The fraction of sp³-hybridized carbons (Fsp3) is 0.474. The third kappa shape index (κ3) is 3.51. The molecule has 8 nitrogen and oxygen atoms in total. The molecule has 27 heavy (non-hydrogen) atoms. The number of anilines is 1. The Hall–Kier alpha value is -2.90. The van der Waals surface area contributed by atoms with Gasteiger partial charge in [0, 0.05) is 57.8 Å². The predicted molar refractivity (Wildman–Crippen MR) is 103 cm³/mol. The van der Waals surface area contributed by atoms with Crippen molar-refractivity contribution in [3.05, 3.63) is 42.0 Å². The standard InChI is InChI=1S/C19H25N7O/c1-14-10-18(26-17(22-14)4-7-20-26)25-8-5-15(6-9-25)12-23(2)19(27)16-11-21-24(3)13-16/h4,7,10-11,13,15H,5-6,8-9,12H2,1-3H3. The molecule has 0 saturated carbocycles. The Morgan fingerprint density at radius 3 is 2.78 bits per heavy atom. The molecule has 0 radical (unpaired) electrons. The normalized spacial score (nSPS) is 15.4. The minimum absolute atomic E-state index is 0.0357. The predicted octanol–water partition coefficient (Wildman–Crippen LogP) is 1.76. The Labute approximate surface area is 158 Å². The monoisotopic (exact) mass is 367 g/mol. The van der Waals surface area contributed by atoms with Gasteiger partial charge in [-0.15, -0.1) is 0 Å². The second-order valence-corrected chi connectivity index (χ2v) is 7.38.